The van der Waals surface area contributed by atoms with Crippen molar-refractivity contribution < 1.29 is 9.13 Å². The zero-order valence-electron chi connectivity index (χ0n) is 17.6. The number of anilines is 1. The Bertz CT molecular complexity index is 949. The van der Waals surface area contributed by atoms with Gasteiger partial charge in [0.05, 0.1) is 19.2 Å². The van der Waals surface area contributed by atoms with Crippen LogP contribution in [0.1, 0.15) is 37.3 Å². The van der Waals surface area contributed by atoms with Crippen LogP contribution in [0.4, 0.5) is 10.1 Å². The lowest BCUT2D eigenvalue weighted by molar-refractivity contribution is 0.199. The molecule has 0 bridgehead atoms. The van der Waals surface area contributed by atoms with Gasteiger partial charge in [0, 0.05) is 31.9 Å². The van der Waals surface area contributed by atoms with E-state index in [2.05, 4.69) is 51.3 Å². The van der Waals surface area contributed by atoms with Crippen LogP contribution in [0.15, 0.2) is 48.5 Å². The number of nitrogens with zero attached hydrogens (tertiary/aromatic N) is 6. The third kappa shape index (κ3) is 4.14. The Labute approximate surface area is 176 Å². The fraction of sp³-hybridized carbons (Fsp3) is 0.409. The Balaban J connectivity index is 1.57. The fourth-order valence-electron chi connectivity index (χ4n) is 3.95. The molecule has 0 aliphatic carbocycles. The zero-order valence-corrected chi connectivity index (χ0v) is 17.6. The van der Waals surface area contributed by atoms with E-state index in [0.29, 0.717) is 0 Å². The van der Waals surface area contributed by atoms with Crippen LogP contribution in [-0.2, 0) is 0 Å². The highest BCUT2D eigenvalue weighted by molar-refractivity contribution is 5.49. The summed E-state index contributed by atoms with van der Waals surface area (Å²) in [4.78, 5) is 4.74. The summed E-state index contributed by atoms with van der Waals surface area (Å²) >= 11 is 0. The molecule has 0 N–H and O–H groups in total. The average molecular weight is 410 g/mol. The molecular weight excluding hydrogens is 383 g/mol. The molecule has 158 valence electrons. The minimum absolute atomic E-state index is 0.124. The van der Waals surface area contributed by atoms with E-state index in [0.717, 1.165) is 43.3 Å². The van der Waals surface area contributed by atoms with Gasteiger partial charge in [0.1, 0.15) is 11.6 Å². The molecule has 3 aromatic rings. The van der Waals surface area contributed by atoms with Gasteiger partial charge in [-0.15, -0.1) is 5.10 Å². The second-order valence-electron chi connectivity index (χ2n) is 7.75. The van der Waals surface area contributed by atoms with Crippen molar-refractivity contribution in [1.29, 1.82) is 0 Å². The van der Waals surface area contributed by atoms with Crippen LogP contribution in [0.2, 0.25) is 0 Å². The highest BCUT2D eigenvalue weighted by atomic mass is 19.1. The number of benzene rings is 2. The number of hydrogen-bond acceptors (Lipinski definition) is 6. The maximum absolute atomic E-state index is 13.6. The van der Waals surface area contributed by atoms with E-state index in [1.54, 1.807) is 7.11 Å². The van der Waals surface area contributed by atoms with Crippen molar-refractivity contribution in [2.24, 2.45) is 0 Å². The molecule has 1 unspecified atom stereocenters. The summed E-state index contributed by atoms with van der Waals surface area (Å²) in [6, 6.07) is 14.8. The highest BCUT2D eigenvalue weighted by Crippen LogP contribution is 2.30. The molecule has 30 heavy (non-hydrogen) atoms. The quantitative estimate of drug-likeness (QED) is 0.621. The summed E-state index contributed by atoms with van der Waals surface area (Å²) < 4.78 is 20.7. The number of piperazine rings is 1. The maximum atomic E-state index is 13.6. The SMILES string of the molecule is COc1ccc(N2CCN(C(c3ccc(F)cc3)c3nnnn3C(C)C)CC2)cc1. The Kier molecular flexibility index (Phi) is 5.94. The van der Waals surface area contributed by atoms with Crippen molar-refractivity contribution in [3.8, 4) is 5.75 Å². The van der Waals surface area contributed by atoms with Crippen molar-refractivity contribution in [1.82, 2.24) is 25.1 Å². The minimum atomic E-state index is -0.245. The van der Waals surface area contributed by atoms with Gasteiger partial charge in [-0.2, -0.15) is 0 Å². The van der Waals surface area contributed by atoms with Gasteiger partial charge in [0.25, 0.3) is 0 Å². The van der Waals surface area contributed by atoms with Crippen LogP contribution >= 0.6 is 0 Å². The molecule has 1 saturated heterocycles. The predicted octanol–water partition coefficient (Wildman–Crippen LogP) is 3.31. The van der Waals surface area contributed by atoms with E-state index in [-0.39, 0.29) is 17.9 Å². The first-order chi connectivity index (χ1) is 14.6. The predicted molar refractivity (Wildman–Crippen MR) is 113 cm³/mol. The molecule has 1 atom stereocenters. The molecular formula is C22H27FN6O. The van der Waals surface area contributed by atoms with E-state index in [1.165, 1.54) is 17.8 Å². The van der Waals surface area contributed by atoms with Crippen LogP contribution in [0.25, 0.3) is 0 Å². The van der Waals surface area contributed by atoms with Gasteiger partial charge in [-0.3, -0.25) is 4.90 Å². The number of methoxy groups -OCH3 is 1. The second-order valence-corrected chi connectivity index (χ2v) is 7.75. The molecule has 1 aromatic heterocycles. The normalized spacial score (nSPS) is 16.1. The fourth-order valence-corrected chi connectivity index (χ4v) is 3.95. The van der Waals surface area contributed by atoms with E-state index < -0.39 is 0 Å². The summed E-state index contributed by atoms with van der Waals surface area (Å²) in [5, 5.41) is 12.5. The molecule has 1 aliphatic rings. The zero-order chi connectivity index (χ0) is 21.1. The van der Waals surface area contributed by atoms with Crippen LogP contribution in [-0.4, -0.2) is 58.4 Å². The monoisotopic (exact) mass is 410 g/mol. The van der Waals surface area contributed by atoms with E-state index >= 15 is 0 Å². The van der Waals surface area contributed by atoms with Gasteiger partial charge in [0.2, 0.25) is 0 Å². The first kappa shape index (κ1) is 20.3. The summed E-state index contributed by atoms with van der Waals surface area (Å²) in [6.07, 6.45) is 0. The van der Waals surface area contributed by atoms with Crippen LogP contribution in [0, 0.1) is 5.82 Å². The van der Waals surface area contributed by atoms with Crippen molar-refractivity contribution in [3.05, 3.63) is 65.7 Å². The topological polar surface area (TPSA) is 59.3 Å². The van der Waals surface area contributed by atoms with Crippen molar-refractivity contribution in [2.75, 3.05) is 38.2 Å². The Hall–Kier alpha value is -3.00. The van der Waals surface area contributed by atoms with Crippen LogP contribution in [0.3, 0.4) is 0 Å². The lowest BCUT2D eigenvalue weighted by atomic mass is 10.0. The smallest absolute Gasteiger partial charge is 0.173 e. The van der Waals surface area contributed by atoms with Crippen molar-refractivity contribution in [3.63, 3.8) is 0 Å². The molecule has 0 saturated carbocycles. The number of hydrogen-bond donors (Lipinski definition) is 0. The molecule has 0 spiro atoms. The van der Waals surface area contributed by atoms with Gasteiger partial charge in [-0.1, -0.05) is 12.1 Å². The van der Waals surface area contributed by atoms with Crippen molar-refractivity contribution >= 4 is 5.69 Å². The molecule has 2 heterocycles. The van der Waals surface area contributed by atoms with E-state index in [9.17, 15) is 4.39 Å². The lowest BCUT2D eigenvalue weighted by Crippen LogP contribution is -2.48. The largest absolute Gasteiger partial charge is 0.497 e. The van der Waals surface area contributed by atoms with Gasteiger partial charge >= 0.3 is 0 Å². The Morgan fingerprint density at radius 2 is 1.60 bits per heavy atom. The number of tetrazole rings is 1. The molecule has 4 rings (SSSR count). The first-order valence-electron chi connectivity index (χ1n) is 10.2. The van der Waals surface area contributed by atoms with Gasteiger partial charge < -0.3 is 9.64 Å². The third-order valence-electron chi connectivity index (χ3n) is 5.55. The Morgan fingerprint density at radius 3 is 2.20 bits per heavy atom. The Morgan fingerprint density at radius 1 is 0.933 bits per heavy atom. The molecule has 1 aliphatic heterocycles. The molecule has 1 fully saturated rings. The standard InChI is InChI=1S/C22H27FN6O/c1-16(2)29-22(24-25-26-29)21(17-4-6-18(23)7-5-17)28-14-12-27(13-15-28)19-8-10-20(30-3)11-9-19/h4-11,16,21H,12-15H2,1-3H3. The summed E-state index contributed by atoms with van der Waals surface area (Å²) in [7, 11) is 1.67. The van der Waals surface area contributed by atoms with Gasteiger partial charge in [-0.25, -0.2) is 9.07 Å². The average Bonchev–Trinajstić information content (AvgIpc) is 3.26. The summed E-state index contributed by atoms with van der Waals surface area (Å²) in [5.41, 5.74) is 2.17. The highest BCUT2D eigenvalue weighted by Gasteiger charge is 2.31. The number of halogens is 1. The molecule has 7 nitrogen and oxygen atoms in total. The molecule has 2 aromatic carbocycles. The molecule has 0 radical (unpaired) electrons. The minimum Gasteiger partial charge on any atom is -0.497 e. The van der Waals surface area contributed by atoms with E-state index in [1.807, 2.05) is 28.9 Å². The van der Waals surface area contributed by atoms with Crippen LogP contribution in [0.5, 0.6) is 5.75 Å². The van der Waals surface area contributed by atoms with Crippen LogP contribution < -0.4 is 9.64 Å². The number of ether oxygens (including phenoxy) is 1. The molecule has 0 amide bonds. The first-order valence-corrected chi connectivity index (χ1v) is 10.2. The van der Waals surface area contributed by atoms with E-state index in [4.69, 9.17) is 4.74 Å². The van der Waals surface area contributed by atoms with Crippen molar-refractivity contribution in [2.45, 2.75) is 25.9 Å². The van der Waals surface area contributed by atoms with Gasteiger partial charge in [-0.05, 0) is 66.2 Å². The lowest BCUT2D eigenvalue weighted by Gasteiger charge is -2.40. The second kappa shape index (κ2) is 8.79. The summed E-state index contributed by atoms with van der Waals surface area (Å²) in [6.45, 7) is 7.57. The van der Waals surface area contributed by atoms with Gasteiger partial charge in [0.15, 0.2) is 5.82 Å². The third-order valence-corrected chi connectivity index (χ3v) is 5.55. The molecule has 8 heteroatoms. The number of rotatable bonds is 6. The maximum Gasteiger partial charge on any atom is 0.173 e. The number of aromatic nitrogens is 4. The summed E-state index contributed by atoms with van der Waals surface area (Å²) in [5.74, 6) is 1.40.